The molecule has 1 heterocycles. The van der Waals surface area contributed by atoms with E-state index in [2.05, 4.69) is 4.98 Å². The largest absolute Gasteiger partial charge is 0.506 e. The molecule has 0 amide bonds. The summed E-state index contributed by atoms with van der Waals surface area (Å²) in [5.41, 5.74) is 2.88. The molecule has 2 aromatic rings. The summed E-state index contributed by atoms with van der Waals surface area (Å²) >= 11 is 0. The molecule has 2 rings (SSSR count). The van der Waals surface area contributed by atoms with Crippen molar-refractivity contribution in [2.24, 2.45) is 0 Å². The van der Waals surface area contributed by atoms with Gasteiger partial charge in [-0.25, -0.2) is 0 Å². The summed E-state index contributed by atoms with van der Waals surface area (Å²) in [7, 11) is 0. The first-order chi connectivity index (χ1) is 6.18. The van der Waals surface area contributed by atoms with Crippen LogP contribution >= 0.6 is 0 Å². The quantitative estimate of drug-likeness (QED) is 0.664. The van der Waals surface area contributed by atoms with Crippen LogP contribution in [0.4, 0.5) is 0 Å². The van der Waals surface area contributed by atoms with Gasteiger partial charge >= 0.3 is 0 Å². The van der Waals surface area contributed by atoms with E-state index in [0.717, 1.165) is 16.5 Å². The lowest BCUT2D eigenvalue weighted by atomic mass is 10.1. The van der Waals surface area contributed by atoms with Gasteiger partial charge in [0.05, 0.1) is 0 Å². The first-order valence-electron chi connectivity index (χ1n) is 4.23. The highest BCUT2D eigenvalue weighted by molar-refractivity contribution is 5.87. The van der Waals surface area contributed by atoms with Crippen molar-refractivity contribution in [3.8, 4) is 5.75 Å². The summed E-state index contributed by atoms with van der Waals surface area (Å²) in [6.45, 7) is 3.98. The minimum atomic E-state index is 0.263. The van der Waals surface area contributed by atoms with E-state index in [0.29, 0.717) is 5.52 Å². The minimum Gasteiger partial charge on any atom is -0.506 e. The van der Waals surface area contributed by atoms with Crippen molar-refractivity contribution in [3.63, 3.8) is 0 Å². The average Bonchev–Trinajstić information content (AvgIpc) is 2.07. The molecule has 0 aliphatic carbocycles. The number of aryl methyl sites for hydroxylation is 2. The van der Waals surface area contributed by atoms with Crippen LogP contribution in [0.3, 0.4) is 0 Å². The lowest BCUT2D eigenvalue weighted by Crippen LogP contribution is -1.84. The Morgan fingerprint density at radius 3 is 2.77 bits per heavy atom. The molecule has 0 aliphatic heterocycles. The van der Waals surface area contributed by atoms with E-state index in [1.807, 2.05) is 26.0 Å². The van der Waals surface area contributed by atoms with Crippen LogP contribution in [0.5, 0.6) is 5.75 Å². The summed E-state index contributed by atoms with van der Waals surface area (Å²) < 4.78 is 0. The average molecular weight is 173 g/mol. The van der Waals surface area contributed by atoms with Gasteiger partial charge in [-0.05, 0) is 43.2 Å². The fourth-order valence-corrected chi connectivity index (χ4v) is 1.51. The number of hydrogen-bond donors (Lipinski definition) is 1. The van der Waals surface area contributed by atoms with Crippen LogP contribution in [-0.2, 0) is 0 Å². The van der Waals surface area contributed by atoms with Gasteiger partial charge in [0, 0.05) is 11.6 Å². The molecule has 2 nitrogen and oxygen atoms in total. The Hall–Kier alpha value is -1.57. The molecule has 0 atom stereocenters. The van der Waals surface area contributed by atoms with Crippen molar-refractivity contribution in [1.82, 2.24) is 4.98 Å². The number of hydrogen-bond acceptors (Lipinski definition) is 2. The number of benzene rings is 1. The fraction of sp³-hybridized carbons (Fsp3) is 0.182. The maximum Gasteiger partial charge on any atom is 0.142 e. The summed E-state index contributed by atoms with van der Waals surface area (Å²) in [5, 5.41) is 10.6. The molecule has 0 unspecified atom stereocenters. The summed E-state index contributed by atoms with van der Waals surface area (Å²) in [6.07, 6.45) is 1.72. The Balaban J connectivity index is 2.94. The van der Waals surface area contributed by atoms with Gasteiger partial charge in [-0.1, -0.05) is 0 Å². The fourth-order valence-electron chi connectivity index (χ4n) is 1.51. The van der Waals surface area contributed by atoms with Gasteiger partial charge in [-0.15, -0.1) is 0 Å². The molecule has 66 valence electrons. The highest BCUT2D eigenvalue weighted by atomic mass is 16.3. The summed E-state index contributed by atoms with van der Waals surface area (Å²) in [6, 6.07) is 5.72. The zero-order chi connectivity index (χ0) is 9.42. The number of phenolic OH excluding ortho intramolecular Hbond substituents is 1. The lowest BCUT2D eigenvalue weighted by molar-refractivity contribution is 0.480. The van der Waals surface area contributed by atoms with Gasteiger partial charge in [0.1, 0.15) is 11.3 Å². The topological polar surface area (TPSA) is 33.1 Å². The molecule has 0 aliphatic rings. The monoisotopic (exact) mass is 173 g/mol. The van der Waals surface area contributed by atoms with Gasteiger partial charge < -0.3 is 5.11 Å². The van der Waals surface area contributed by atoms with Crippen molar-refractivity contribution < 1.29 is 5.11 Å². The Labute approximate surface area is 76.9 Å². The van der Waals surface area contributed by atoms with Crippen molar-refractivity contribution >= 4 is 10.9 Å². The lowest BCUT2D eigenvalue weighted by Gasteiger charge is -2.04. The molecule has 0 bridgehead atoms. The van der Waals surface area contributed by atoms with Crippen LogP contribution in [0.2, 0.25) is 0 Å². The zero-order valence-corrected chi connectivity index (χ0v) is 7.70. The molecular weight excluding hydrogens is 162 g/mol. The van der Waals surface area contributed by atoms with Gasteiger partial charge in [0.2, 0.25) is 0 Å². The zero-order valence-electron chi connectivity index (χ0n) is 7.70. The third-order valence-electron chi connectivity index (χ3n) is 2.19. The maximum absolute atomic E-state index is 9.61. The molecule has 0 radical (unpaired) electrons. The van der Waals surface area contributed by atoms with Gasteiger partial charge in [-0.2, -0.15) is 0 Å². The number of pyridine rings is 1. The first-order valence-corrected chi connectivity index (χ1v) is 4.23. The predicted octanol–water partition coefficient (Wildman–Crippen LogP) is 2.56. The number of phenols is 1. The van der Waals surface area contributed by atoms with Crippen molar-refractivity contribution in [3.05, 3.63) is 35.5 Å². The minimum absolute atomic E-state index is 0.263. The van der Waals surface area contributed by atoms with E-state index in [1.165, 1.54) is 0 Å². The van der Waals surface area contributed by atoms with Crippen molar-refractivity contribution in [1.29, 1.82) is 0 Å². The van der Waals surface area contributed by atoms with Crippen molar-refractivity contribution in [2.75, 3.05) is 0 Å². The third kappa shape index (κ3) is 1.24. The summed E-state index contributed by atoms with van der Waals surface area (Å²) in [5.74, 6) is 0.263. The predicted molar refractivity (Wildman–Crippen MR) is 52.9 cm³/mol. The Kier molecular flexibility index (Phi) is 1.69. The second-order valence-electron chi connectivity index (χ2n) is 3.31. The number of rotatable bonds is 0. The highest BCUT2D eigenvalue weighted by Gasteiger charge is 2.03. The van der Waals surface area contributed by atoms with Gasteiger partial charge in [0.15, 0.2) is 0 Å². The smallest absolute Gasteiger partial charge is 0.142 e. The molecular formula is C11H11NO. The van der Waals surface area contributed by atoms with E-state index in [4.69, 9.17) is 0 Å². The van der Waals surface area contributed by atoms with Crippen molar-refractivity contribution in [2.45, 2.75) is 13.8 Å². The van der Waals surface area contributed by atoms with E-state index < -0.39 is 0 Å². The second-order valence-corrected chi connectivity index (χ2v) is 3.31. The number of nitrogens with zero attached hydrogens (tertiary/aromatic N) is 1. The molecule has 13 heavy (non-hydrogen) atoms. The Bertz CT molecular complexity index is 463. The number of aromatic hydroxyl groups is 1. The van der Waals surface area contributed by atoms with Crippen LogP contribution in [0.25, 0.3) is 10.9 Å². The SMILES string of the molecule is Cc1cc(O)c2nccc(C)c2c1. The van der Waals surface area contributed by atoms with Crippen LogP contribution in [0.15, 0.2) is 24.4 Å². The Morgan fingerprint density at radius 2 is 2.00 bits per heavy atom. The molecule has 0 spiro atoms. The number of aromatic nitrogens is 1. The van der Waals surface area contributed by atoms with E-state index in [9.17, 15) is 5.11 Å². The van der Waals surface area contributed by atoms with Crippen LogP contribution < -0.4 is 0 Å². The van der Waals surface area contributed by atoms with Crippen LogP contribution in [-0.4, -0.2) is 10.1 Å². The molecule has 1 aromatic heterocycles. The molecule has 2 heteroatoms. The highest BCUT2D eigenvalue weighted by Crippen LogP contribution is 2.26. The van der Waals surface area contributed by atoms with Gasteiger partial charge in [0.25, 0.3) is 0 Å². The molecule has 0 fully saturated rings. The molecule has 0 saturated heterocycles. The van der Waals surface area contributed by atoms with E-state index in [-0.39, 0.29) is 5.75 Å². The third-order valence-corrected chi connectivity index (χ3v) is 2.19. The summed E-state index contributed by atoms with van der Waals surface area (Å²) in [4.78, 5) is 4.13. The van der Waals surface area contributed by atoms with Gasteiger partial charge in [-0.3, -0.25) is 4.98 Å². The second kappa shape index (κ2) is 2.73. The standard InChI is InChI=1S/C11H11NO/c1-7-5-9-8(2)3-4-12-11(9)10(13)6-7/h3-6,13H,1-2H3. The van der Waals surface area contributed by atoms with Crippen LogP contribution in [0, 0.1) is 13.8 Å². The normalized spacial score (nSPS) is 10.6. The van der Waals surface area contributed by atoms with E-state index in [1.54, 1.807) is 12.3 Å². The Morgan fingerprint density at radius 1 is 1.23 bits per heavy atom. The van der Waals surface area contributed by atoms with E-state index >= 15 is 0 Å². The first kappa shape index (κ1) is 8.05. The molecule has 1 aromatic carbocycles. The number of fused-ring (bicyclic) bond motifs is 1. The molecule has 0 saturated carbocycles. The molecule has 1 N–H and O–H groups in total. The van der Waals surface area contributed by atoms with Crippen LogP contribution in [0.1, 0.15) is 11.1 Å². The maximum atomic E-state index is 9.61.